The molecule has 5 heteroatoms. The van der Waals surface area contributed by atoms with Crippen LogP contribution in [0.25, 0.3) is 0 Å². The van der Waals surface area contributed by atoms with E-state index in [4.69, 9.17) is 32.7 Å². The van der Waals surface area contributed by atoms with Gasteiger partial charge in [-0.15, -0.1) is 23.2 Å². The molecular formula is C11H23Cl2NO2. The SMILES string of the molecule is CCC(CCl)(CCl)NCCOCCCOC. The molecule has 0 amide bonds. The van der Waals surface area contributed by atoms with Crippen LogP contribution < -0.4 is 5.32 Å². The zero-order chi connectivity index (χ0) is 12.3. The monoisotopic (exact) mass is 271 g/mol. The van der Waals surface area contributed by atoms with Crippen LogP contribution in [-0.4, -0.2) is 50.8 Å². The Morgan fingerprint density at radius 1 is 1.12 bits per heavy atom. The summed E-state index contributed by atoms with van der Waals surface area (Å²) in [6, 6.07) is 0. The van der Waals surface area contributed by atoms with Gasteiger partial charge in [-0.1, -0.05) is 6.92 Å². The quantitative estimate of drug-likeness (QED) is 0.462. The molecular weight excluding hydrogens is 249 g/mol. The molecule has 0 saturated heterocycles. The molecule has 0 unspecified atom stereocenters. The number of ether oxygens (including phenoxy) is 2. The van der Waals surface area contributed by atoms with Crippen molar-refractivity contribution in [2.45, 2.75) is 25.3 Å². The maximum Gasteiger partial charge on any atom is 0.0591 e. The van der Waals surface area contributed by atoms with Crippen LogP contribution >= 0.6 is 23.2 Å². The van der Waals surface area contributed by atoms with Crippen molar-refractivity contribution < 1.29 is 9.47 Å². The number of alkyl halides is 2. The van der Waals surface area contributed by atoms with Crippen molar-refractivity contribution in [2.24, 2.45) is 0 Å². The Morgan fingerprint density at radius 2 is 1.81 bits per heavy atom. The van der Waals surface area contributed by atoms with E-state index in [2.05, 4.69) is 12.2 Å². The normalized spacial score (nSPS) is 12.0. The molecule has 0 bridgehead atoms. The van der Waals surface area contributed by atoms with Gasteiger partial charge in [-0.05, 0) is 12.8 Å². The minimum Gasteiger partial charge on any atom is -0.385 e. The smallest absolute Gasteiger partial charge is 0.0591 e. The zero-order valence-electron chi connectivity index (χ0n) is 10.2. The van der Waals surface area contributed by atoms with Crippen LogP contribution in [0.3, 0.4) is 0 Å². The molecule has 0 aromatic carbocycles. The minimum absolute atomic E-state index is 0.154. The highest BCUT2D eigenvalue weighted by atomic mass is 35.5. The molecule has 0 aliphatic carbocycles. The van der Waals surface area contributed by atoms with Crippen LogP contribution in [0.2, 0.25) is 0 Å². The van der Waals surface area contributed by atoms with Crippen LogP contribution in [0.5, 0.6) is 0 Å². The van der Waals surface area contributed by atoms with E-state index >= 15 is 0 Å². The van der Waals surface area contributed by atoms with E-state index in [9.17, 15) is 0 Å². The predicted octanol–water partition coefficient (Wildman–Crippen LogP) is 2.26. The summed E-state index contributed by atoms with van der Waals surface area (Å²) in [5.74, 6) is 1.05. The van der Waals surface area contributed by atoms with Gasteiger partial charge in [0.25, 0.3) is 0 Å². The van der Waals surface area contributed by atoms with Gasteiger partial charge in [0.2, 0.25) is 0 Å². The highest BCUT2D eigenvalue weighted by Crippen LogP contribution is 2.14. The molecule has 0 aromatic heterocycles. The standard InChI is InChI=1S/C11H23Cl2NO2/c1-3-11(9-12,10-13)14-5-8-16-7-4-6-15-2/h14H,3-10H2,1-2H3. The summed E-state index contributed by atoms with van der Waals surface area (Å²) in [7, 11) is 1.69. The van der Waals surface area contributed by atoms with Crippen molar-refractivity contribution in [2.75, 3.05) is 45.2 Å². The van der Waals surface area contributed by atoms with Gasteiger partial charge in [0.15, 0.2) is 0 Å². The molecule has 0 fully saturated rings. The summed E-state index contributed by atoms with van der Waals surface area (Å²) in [4.78, 5) is 0. The summed E-state index contributed by atoms with van der Waals surface area (Å²) >= 11 is 11.8. The van der Waals surface area contributed by atoms with Gasteiger partial charge in [-0.3, -0.25) is 0 Å². The fourth-order valence-electron chi connectivity index (χ4n) is 1.24. The first-order valence-corrected chi connectivity index (χ1v) is 6.75. The molecule has 0 aliphatic rings. The number of hydrogen-bond donors (Lipinski definition) is 1. The van der Waals surface area contributed by atoms with E-state index in [1.54, 1.807) is 7.11 Å². The third-order valence-corrected chi connectivity index (χ3v) is 3.60. The van der Waals surface area contributed by atoms with Crippen molar-refractivity contribution in [3.05, 3.63) is 0 Å². The second-order valence-corrected chi connectivity index (χ2v) is 4.32. The molecule has 0 radical (unpaired) electrons. The van der Waals surface area contributed by atoms with Crippen LogP contribution in [0.4, 0.5) is 0 Å². The van der Waals surface area contributed by atoms with Crippen molar-refractivity contribution in [1.29, 1.82) is 0 Å². The molecule has 0 aliphatic heterocycles. The Bertz CT molecular complexity index is 147. The molecule has 98 valence electrons. The third kappa shape index (κ3) is 6.92. The van der Waals surface area contributed by atoms with Crippen molar-refractivity contribution in [3.8, 4) is 0 Å². The minimum atomic E-state index is -0.154. The number of methoxy groups -OCH3 is 1. The summed E-state index contributed by atoms with van der Waals surface area (Å²) in [5, 5.41) is 3.35. The third-order valence-electron chi connectivity index (χ3n) is 2.57. The zero-order valence-corrected chi connectivity index (χ0v) is 11.7. The second-order valence-electron chi connectivity index (χ2n) is 3.79. The second kappa shape index (κ2) is 10.6. The number of rotatable bonds is 11. The molecule has 1 N–H and O–H groups in total. The van der Waals surface area contributed by atoms with Gasteiger partial charge in [0, 0.05) is 44.2 Å². The molecule has 0 rings (SSSR count). The molecule has 0 aromatic rings. The van der Waals surface area contributed by atoms with Gasteiger partial charge >= 0.3 is 0 Å². The Morgan fingerprint density at radius 3 is 2.31 bits per heavy atom. The van der Waals surface area contributed by atoms with Gasteiger partial charge < -0.3 is 14.8 Å². The van der Waals surface area contributed by atoms with Crippen LogP contribution in [0.15, 0.2) is 0 Å². The van der Waals surface area contributed by atoms with Crippen LogP contribution in [0.1, 0.15) is 19.8 Å². The Hall–Kier alpha value is 0.460. The maximum absolute atomic E-state index is 5.90. The lowest BCUT2D eigenvalue weighted by molar-refractivity contribution is 0.101. The Labute approximate surface area is 109 Å². The van der Waals surface area contributed by atoms with Gasteiger partial charge in [-0.25, -0.2) is 0 Å². The van der Waals surface area contributed by atoms with Crippen LogP contribution in [0, 0.1) is 0 Å². The van der Waals surface area contributed by atoms with E-state index in [0.717, 1.165) is 32.6 Å². The van der Waals surface area contributed by atoms with E-state index in [1.807, 2.05) is 0 Å². The van der Waals surface area contributed by atoms with Gasteiger partial charge in [-0.2, -0.15) is 0 Å². The fraction of sp³-hybridized carbons (Fsp3) is 1.00. The first-order valence-electron chi connectivity index (χ1n) is 5.68. The molecule has 0 spiro atoms. The number of nitrogens with one attached hydrogen (secondary N) is 1. The largest absolute Gasteiger partial charge is 0.385 e. The van der Waals surface area contributed by atoms with E-state index in [-0.39, 0.29) is 5.54 Å². The van der Waals surface area contributed by atoms with E-state index < -0.39 is 0 Å². The van der Waals surface area contributed by atoms with E-state index in [1.165, 1.54) is 0 Å². The van der Waals surface area contributed by atoms with Gasteiger partial charge in [0.1, 0.15) is 0 Å². The van der Waals surface area contributed by atoms with E-state index in [0.29, 0.717) is 18.4 Å². The highest BCUT2D eigenvalue weighted by molar-refractivity contribution is 6.22. The fourth-order valence-corrected chi connectivity index (χ4v) is 2.09. The number of hydrogen-bond acceptors (Lipinski definition) is 3. The van der Waals surface area contributed by atoms with Crippen molar-refractivity contribution in [1.82, 2.24) is 5.32 Å². The predicted molar refractivity (Wildman–Crippen MR) is 69.8 cm³/mol. The summed E-state index contributed by atoms with van der Waals surface area (Å²) in [6.07, 6.45) is 1.85. The maximum atomic E-state index is 5.90. The highest BCUT2D eigenvalue weighted by Gasteiger charge is 2.24. The van der Waals surface area contributed by atoms with Crippen molar-refractivity contribution >= 4 is 23.2 Å². The molecule has 16 heavy (non-hydrogen) atoms. The summed E-state index contributed by atoms with van der Waals surface area (Å²) in [6.45, 7) is 5.02. The summed E-state index contributed by atoms with van der Waals surface area (Å²) in [5.41, 5.74) is -0.154. The number of halogens is 2. The molecule has 0 saturated carbocycles. The lowest BCUT2D eigenvalue weighted by Crippen LogP contribution is -2.49. The first-order chi connectivity index (χ1) is 7.74. The molecule has 0 heterocycles. The summed E-state index contributed by atoms with van der Waals surface area (Å²) < 4.78 is 10.4. The Kier molecular flexibility index (Phi) is 10.9. The molecule has 0 atom stereocenters. The lowest BCUT2D eigenvalue weighted by Gasteiger charge is -2.29. The first kappa shape index (κ1) is 16.5. The van der Waals surface area contributed by atoms with Crippen molar-refractivity contribution in [3.63, 3.8) is 0 Å². The lowest BCUT2D eigenvalue weighted by atomic mass is 10.0. The van der Waals surface area contributed by atoms with Gasteiger partial charge in [0.05, 0.1) is 6.61 Å². The van der Waals surface area contributed by atoms with Crippen LogP contribution in [-0.2, 0) is 9.47 Å². The average Bonchev–Trinajstić information content (AvgIpc) is 2.34. The average molecular weight is 272 g/mol. The molecule has 3 nitrogen and oxygen atoms in total. The Balaban J connectivity index is 3.48. The topological polar surface area (TPSA) is 30.5 Å².